The van der Waals surface area contributed by atoms with Crippen LogP contribution in [0, 0.1) is 0 Å². The number of hydrogen-bond acceptors (Lipinski definition) is 6. The Morgan fingerprint density at radius 1 is 1.30 bits per heavy atom. The molecule has 4 N–H and O–H groups in total. The van der Waals surface area contributed by atoms with Crippen molar-refractivity contribution in [2.45, 2.75) is 24.7 Å². The first kappa shape index (κ1) is 16.7. The summed E-state index contributed by atoms with van der Waals surface area (Å²) in [4.78, 5) is 1.59. The Hall–Kier alpha value is -1.35. The number of rotatable bonds is 6. The lowest BCUT2D eigenvalue weighted by molar-refractivity contribution is -0.192. The SMILES string of the molecule is CCN(c1cc(N)ccc1S(N)(=O)=O)C(C)(OC)OC. The van der Waals surface area contributed by atoms with Gasteiger partial charge in [0.05, 0.1) is 5.69 Å². The zero-order valence-corrected chi connectivity index (χ0v) is 12.9. The van der Waals surface area contributed by atoms with Gasteiger partial charge in [0, 0.05) is 33.4 Å². The molecule has 0 bridgehead atoms. The van der Waals surface area contributed by atoms with Gasteiger partial charge < -0.3 is 20.1 Å². The summed E-state index contributed by atoms with van der Waals surface area (Å²) in [5.74, 6) is -1.14. The van der Waals surface area contributed by atoms with Crippen LogP contribution in [0.15, 0.2) is 23.1 Å². The number of ether oxygens (including phenoxy) is 2. The van der Waals surface area contributed by atoms with Gasteiger partial charge in [-0.15, -0.1) is 0 Å². The lowest BCUT2D eigenvalue weighted by Gasteiger charge is -2.40. The molecule has 0 heterocycles. The molecule has 7 nitrogen and oxygen atoms in total. The van der Waals surface area contributed by atoms with Crippen LogP contribution in [0.2, 0.25) is 0 Å². The third kappa shape index (κ3) is 3.21. The van der Waals surface area contributed by atoms with E-state index in [2.05, 4.69) is 0 Å². The number of hydrogen-bond donors (Lipinski definition) is 2. The molecular weight excluding hydrogens is 282 g/mol. The zero-order valence-electron chi connectivity index (χ0n) is 12.1. The number of nitrogen functional groups attached to an aromatic ring is 1. The predicted octanol–water partition coefficient (Wildman–Crippen LogP) is 0.709. The Labute approximate surface area is 119 Å². The van der Waals surface area contributed by atoms with Crippen LogP contribution in [-0.4, -0.2) is 35.1 Å². The Bertz CT molecular complexity index is 570. The van der Waals surface area contributed by atoms with Crippen LogP contribution in [0.25, 0.3) is 0 Å². The van der Waals surface area contributed by atoms with Gasteiger partial charge in [-0.25, -0.2) is 13.6 Å². The van der Waals surface area contributed by atoms with Crippen molar-refractivity contribution in [1.29, 1.82) is 0 Å². The molecule has 20 heavy (non-hydrogen) atoms. The Morgan fingerprint density at radius 3 is 2.25 bits per heavy atom. The summed E-state index contributed by atoms with van der Waals surface area (Å²) >= 11 is 0. The van der Waals surface area contributed by atoms with E-state index in [1.54, 1.807) is 11.8 Å². The lowest BCUT2D eigenvalue weighted by atomic mass is 10.2. The highest BCUT2D eigenvalue weighted by atomic mass is 32.2. The van der Waals surface area contributed by atoms with E-state index >= 15 is 0 Å². The van der Waals surface area contributed by atoms with E-state index in [0.717, 1.165) is 0 Å². The molecule has 0 aliphatic heterocycles. The van der Waals surface area contributed by atoms with Crippen LogP contribution in [0.4, 0.5) is 11.4 Å². The molecule has 114 valence electrons. The summed E-state index contributed by atoms with van der Waals surface area (Å²) in [6, 6.07) is 4.38. The van der Waals surface area contributed by atoms with Gasteiger partial charge in [0.1, 0.15) is 4.90 Å². The molecule has 0 unspecified atom stereocenters. The summed E-state index contributed by atoms with van der Waals surface area (Å²) in [6.07, 6.45) is 0. The maximum atomic E-state index is 11.7. The minimum absolute atomic E-state index is 0.0334. The van der Waals surface area contributed by atoms with E-state index in [0.29, 0.717) is 17.9 Å². The van der Waals surface area contributed by atoms with Crippen molar-refractivity contribution in [3.63, 3.8) is 0 Å². The number of anilines is 2. The molecule has 0 aliphatic carbocycles. The molecule has 0 aliphatic rings. The van der Waals surface area contributed by atoms with Crippen LogP contribution in [0.5, 0.6) is 0 Å². The van der Waals surface area contributed by atoms with Gasteiger partial charge >= 0.3 is 0 Å². The van der Waals surface area contributed by atoms with Gasteiger partial charge in [0.25, 0.3) is 0 Å². The molecule has 0 fully saturated rings. The third-order valence-electron chi connectivity index (χ3n) is 3.14. The molecule has 0 saturated carbocycles. The number of benzene rings is 1. The van der Waals surface area contributed by atoms with E-state index in [4.69, 9.17) is 20.3 Å². The van der Waals surface area contributed by atoms with Crippen molar-refractivity contribution in [2.24, 2.45) is 5.14 Å². The Balaban J connectivity index is 3.53. The quantitative estimate of drug-likeness (QED) is 0.592. The maximum absolute atomic E-state index is 11.7. The van der Waals surface area contributed by atoms with E-state index in [1.807, 2.05) is 6.92 Å². The summed E-state index contributed by atoms with van der Waals surface area (Å²) in [5, 5.41) is 5.25. The molecule has 1 aromatic carbocycles. The van der Waals surface area contributed by atoms with Crippen molar-refractivity contribution in [3.05, 3.63) is 18.2 Å². The highest BCUT2D eigenvalue weighted by Gasteiger charge is 2.34. The minimum atomic E-state index is -3.89. The second-order valence-electron chi connectivity index (χ2n) is 4.32. The number of methoxy groups -OCH3 is 2. The first-order chi connectivity index (χ1) is 9.19. The normalized spacial score (nSPS) is 12.4. The topological polar surface area (TPSA) is 108 Å². The number of primary sulfonamides is 1. The number of sulfonamides is 1. The molecular formula is C12H21N3O4S. The lowest BCUT2D eigenvalue weighted by Crippen LogP contribution is -2.50. The monoisotopic (exact) mass is 303 g/mol. The van der Waals surface area contributed by atoms with E-state index in [-0.39, 0.29) is 4.90 Å². The largest absolute Gasteiger partial charge is 0.399 e. The fraction of sp³-hybridized carbons (Fsp3) is 0.500. The van der Waals surface area contributed by atoms with Crippen molar-refractivity contribution < 1.29 is 17.9 Å². The minimum Gasteiger partial charge on any atom is -0.399 e. The van der Waals surface area contributed by atoms with E-state index in [9.17, 15) is 8.42 Å². The van der Waals surface area contributed by atoms with Crippen molar-refractivity contribution in [1.82, 2.24) is 0 Å². The fourth-order valence-electron chi connectivity index (χ4n) is 1.97. The molecule has 0 radical (unpaired) electrons. The summed E-state index contributed by atoms with van der Waals surface area (Å²) < 4.78 is 34.1. The molecule has 1 aromatic rings. The summed E-state index contributed by atoms with van der Waals surface area (Å²) in [5.41, 5.74) is 6.50. The van der Waals surface area contributed by atoms with Gasteiger partial charge in [-0.3, -0.25) is 0 Å². The van der Waals surface area contributed by atoms with Gasteiger partial charge in [0.15, 0.2) is 0 Å². The summed E-state index contributed by atoms with van der Waals surface area (Å²) in [6.45, 7) is 3.95. The van der Waals surface area contributed by atoms with Crippen LogP contribution in [0.1, 0.15) is 13.8 Å². The van der Waals surface area contributed by atoms with Crippen molar-refractivity contribution in [3.8, 4) is 0 Å². The average Bonchev–Trinajstić information content (AvgIpc) is 2.38. The molecule has 0 aromatic heterocycles. The second kappa shape index (κ2) is 5.96. The number of nitrogens with zero attached hydrogens (tertiary/aromatic N) is 1. The Morgan fingerprint density at radius 2 is 1.85 bits per heavy atom. The van der Waals surface area contributed by atoms with Crippen molar-refractivity contribution >= 4 is 21.4 Å². The van der Waals surface area contributed by atoms with Gasteiger partial charge in [-0.05, 0) is 25.1 Å². The first-order valence-electron chi connectivity index (χ1n) is 6.00. The highest BCUT2D eigenvalue weighted by molar-refractivity contribution is 7.89. The maximum Gasteiger partial charge on any atom is 0.248 e. The Kier molecular flexibility index (Phi) is 4.98. The van der Waals surface area contributed by atoms with Gasteiger partial charge in [0.2, 0.25) is 15.9 Å². The second-order valence-corrected chi connectivity index (χ2v) is 5.85. The molecule has 0 amide bonds. The van der Waals surface area contributed by atoms with E-state index in [1.165, 1.54) is 32.4 Å². The van der Waals surface area contributed by atoms with Crippen LogP contribution < -0.4 is 15.8 Å². The van der Waals surface area contributed by atoms with Crippen LogP contribution in [-0.2, 0) is 19.5 Å². The molecule has 0 atom stereocenters. The molecule has 1 rings (SSSR count). The van der Waals surface area contributed by atoms with Crippen LogP contribution in [0.3, 0.4) is 0 Å². The average molecular weight is 303 g/mol. The smallest absolute Gasteiger partial charge is 0.248 e. The fourth-order valence-corrected chi connectivity index (χ4v) is 2.68. The number of nitrogens with two attached hydrogens (primary N) is 2. The zero-order chi connectivity index (χ0) is 15.6. The first-order valence-corrected chi connectivity index (χ1v) is 7.54. The standard InChI is InChI=1S/C12H21N3O4S/c1-5-15(12(2,18-3)19-4)10-8-9(13)6-7-11(10)20(14,16)17/h6-8H,5,13H2,1-4H3,(H2,14,16,17). The predicted molar refractivity (Wildman–Crippen MR) is 77.7 cm³/mol. The van der Waals surface area contributed by atoms with Crippen LogP contribution >= 0.6 is 0 Å². The molecule has 0 saturated heterocycles. The molecule has 8 heteroatoms. The third-order valence-corrected chi connectivity index (χ3v) is 4.10. The molecule has 0 spiro atoms. The van der Waals surface area contributed by atoms with Gasteiger partial charge in [-0.2, -0.15) is 0 Å². The van der Waals surface area contributed by atoms with E-state index < -0.39 is 15.9 Å². The van der Waals surface area contributed by atoms with Gasteiger partial charge in [-0.1, -0.05) is 0 Å². The summed E-state index contributed by atoms with van der Waals surface area (Å²) in [7, 11) is -0.956. The van der Waals surface area contributed by atoms with Crippen molar-refractivity contribution in [2.75, 3.05) is 31.4 Å². The highest BCUT2D eigenvalue weighted by Crippen LogP contribution is 2.32.